The normalized spacial score (nSPS) is 12.6. The van der Waals surface area contributed by atoms with Gasteiger partial charge in [0.25, 0.3) is 0 Å². The predicted octanol–water partition coefficient (Wildman–Crippen LogP) is 16.9. The molecule has 3 heterocycles. The maximum atomic E-state index is 15.4. The summed E-state index contributed by atoms with van der Waals surface area (Å²) >= 11 is 0. The number of para-hydroxylation sites is 3. The number of rotatable bonds is 11. The first kappa shape index (κ1) is 45.7. The third-order valence-electron chi connectivity index (χ3n) is 12.9. The molecule has 0 saturated heterocycles. The number of benzene rings is 7. The number of hydrogen-bond acceptors (Lipinski definition) is 4. The third-order valence-corrected chi connectivity index (χ3v) is 12.9. The molecule has 9 aromatic rings. The van der Waals surface area contributed by atoms with Crippen molar-refractivity contribution in [1.29, 1.82) is 0 Å². The first-order chi connectivity index (χ1) is 31.9. The summed E-state index contributed by atoms with van der Waals surface area (Å²) in [5.74, 6) is 2.75. The quantitative estimate of drug-likeness (QED) is 0.121. The Balaban J connectivity index is 0.00000562. The molecule has 0 spiro atoms. The molecule has 0 radical (unpaired) electrons. The topological polar surface area (TPSA) is 33.5 Å². The summed E-state index contributed by atoms with van der Waals surface area (Å²) in [4.78, 5) is 9.29. The number of aromatic nitrogens is 2. The van der Waals surface area contributed by atoms with E-state index >= 15 is 4.39 Å². The SMILES string of the molecule is CC(C)c1cc(-c2cc(Oc3[c-]c4c(cc3)c3ccccc3n4-c3ccccn3)[c-]c(N3[CH-]N(c4c(C(C)C)cc(-c5ccccc5F)cc4C(C)C)c4ccccc43)c2)cc(C(C)C)c1.[Pt]. The summed E-state index contributed by atoms with van der Waals surface area (Å²) in [6.07, 6.45) is 1.82. The summed E-state index contributed by atoms with van der Waals surface area (Å²) in [7, 11) is 0. The summed E-state index contributed by atoms with van der Waals surface area (Å²) in [6.45, 7) is 20.1. The van der Waals surface area contributed by atoms with Crippen molar-refractivity contribution >= 4 is 44.6 Å². The van der Waals surface area contributed by atoms with E-state index in [1.807, 2.05) is 42.6 Å². The van der Waals surface area contributed by atoms with Crippen molar-refractivity contribution in [3.8, 4) is 39.6 Å². The van der Waals surface area contributed by atoms with E-state index in [1.165, 1.54) is 11.1 Å². The van der Waals surface area contributed by atoms with Crippen molar-refractivity contribution in [2.75, 3.05) is 9.80 Å². The summed E-state index contributed by atoms with van der Waals surface area (Å²) in [5, 5.41) is 2.19. The third kappa shape index (κ3) is 8.57. The van der Waals surface area contributed by atoms with Crippen LogP contribution in [-0.4, -0.2) is 9.55 Å². The van der Waals surface area contributed by atoms with E-state index < -0.39 is 0 Å². The standard InChI is InChI=1S/C60H54FN4O.Pt/c1-37(2)41-27-42(38(3)4)29-43(28-41)44-30-46(34-48(31-44)66-47-24-25-51-50-18-10-12-20-55(50)65(58(51)35-47)59-23-15-16-26-62-59)63-36-64(57-22-14-13-21-56(57)63)60-52(39(5)6)32-45(33-53(60)40(7)8)49-17-9-11-19-54(49)61;/h9-33,36-40H,1-8H3;/q-3;. The molecule has 7 aromatic carbocycles. The molecule has 0 atom stereocenters. The van der Waals surface area contributed by atoms with Gasteiger partial charge >= 0.3 is 0 Å². The van der Waals surface area contributed by atoms with Crippen molar-refractivity contribution in [3.05, 3.63) is 199 Å². The molecule has 0 fully saturated rings. The number of anilines is 4. The van der Waals surface area contributed by atoms with Crippen LogP contribution in [-0.2, 0) is 21.1 Å². The molecular formula is C60H54FN4OPt-3. The smallest absolute Gasteiger partial charge is 0.135 e. The van der Waals surface area contributed by atoms with Crippen LogP contribution in [0.4, 0.5) is 27.1 Å². The monoisotopic (exact) mass is 1060 g/mol. The molecule has 1 aliphatic heterocycles. The van der Waals surface area contributed by atoms with Gasteiger partial charge < -0.3 is 19.1 Å². The van der Waals surface area contributed by atoms with Crippen LogP contribution in [0.3, 0.4) is 0 Å². The average molecular weight is 1060 g/mol. The molecule has 0 bridgehead atoms. The van der Waals surface area contributed by atoms with Gasteiger partial charge in [0, 0.05) is 66.9 Å². The molecule has 0 unspecified atom stereocenters. The largest absolute Gasteiger partial charge is 0.509 e. The number of pyridine rings is 1. The van der Waals surface area contributed by atoms with E-state index in [4.69, 9.17) is 9.72 Å². The second-order valence-electron chi connectivity index (χ2n) is 18.7. The average Bonchev–Trinajstić information content (AvgIpc) is 3.87. The van der Waals surface area contributed by atoms with Gasteiger partial charge in [0.15, 0.2) is 0 Å². The Labute approximate surface area is 409 Å². The minimum Gasteiger partial charge on any atom is -0.509 e. The van der Waals surface area contributed by atoms with Crippen LogP contribution in [0.5, 0.6) is 11.5 Å². The molecule has 7 heteroatoms. The van der Waals surface area contributed by atoms with Gasteiger partial charge in [-0.05, 0) is 111 Å². The number of ether oxygens (including phenoxy) is 1. The van der Waals surface area contributed by atoms with Gasteiger partial charge in [-0.2, -0.15) is 6.07 Å². The van der Waals surface area contributed by atoms with Crippen LogP contribution in [0.1, 0.15) is 101 Å². The minimum absolute atomic E-state index is 0. The van der Waals surface area contributed by atoms with Gasteiger partial charge in [-0.1, -0.05) is 134 Å². The van der Waals surface area contributed by atoms with Crippen molar-refractivity contribution in [2.24, 2.45) is 0 Å². The van der Waals surface area contributed by atoms with E-state index in [0.717, 1.165) is 78.2 Å². The molecule has 2 aromatic heterocycles. The minimum atomic E-state index is -0.222. The fourth-order valence-corrected chi connectivity index (χ4v) is 9.34. The molecule has 0 amide bonds. The van der Waals surface area contributed by atoms with Crippen LogP contribution in [0, 0.1) is 24.6 Å². The fourth-order valence-electron chi connectivity index (χ4n) is 9.34. The van der Waals surface area contributed by atoms with Gasteiger partial charge in [0.05, 0.1) is 0 Å². The summed E-state index contributed by atoms with van der Waals surface area (Å²) < 4.78 is 24.5. The van der Waals surface area contributed by atoms with Gasteiger partial charge in [-0.15, -0.1) is 53.6 Å². The Bertz CT molecular complexity index is 3210. The van der Waals surface area contributed by atoms with Gasteiger partial charge in [-0.25, -0.2) is 9.37 Å². The molecule has 0 saturated carbocycles. The summed E-state index contributed by atoms with van der Waals surface area (Å²) in [5.41, 5.74) is 14.5. The second kappa shape index (κ2) is 18.7. The Morgan fingerprint density at radius 3 is 1.84 bits per heavy atom. The van der Waals surface area contributed by atoms with Crippen LogP contribution >= 0.6 is 0 Å². The zero-order valence-electron chi connectivity index (χ0n) is 39.2. The van der Waals surface area contributed by atoms with Gasteiger partial charge in [-0.3, -0.25) is 0 Å². The van der Waals surface area contributed by atoms with Crippen molar-refractivity contribution in [2.45, 2.75) is 79.1 Å². The van der Waals surface area contributed by atoms with E-state index in [0.29, 0.717) is 28.9 Å². The number of fused-ring (bicyclic) bond motifs is 4. The van der Waals surface area contributed by atoms with Crippen LogP contribution in [0.15, 0.2) is 152 Å². The number of halogens is 1. The summed E-state index contributed by atoms with van der Waals surface area (Å²) in [6, 6.07) is 57.1. The van der Waals surface area contributed by atoms with E-state index in [9.17, 15) is 0 Å². The Morgan fingerprint density at radius 1 is 0.552 bits per heavy atom. The van der Waals surface area contributed by atoms with Crippen LogP contribution in [0.2, 0.25) is 0 Å². The second-order valence-corrected chi connectivity index (χ2v) is 18.7. The molecule has 340 valence electrons. The van der Waals surface area contributed by atoms with E-state index in [-0.39, 0.29) is 38.7 Å². The zero-order valence-corrected chi connectivity index (χ0v) is 41.5. The number of nitrogens with zero attached hydrogens (tertiary/aromatic N) is 4. The Kier molecular flexibility index (Phi) is 12.7. The molecule has 67 heavy (non-hydrogen) atoms. The van der Waals surface area contributed by atoms with Crippen molar-refractivity contribution < 1.29 is 30.2 Å². The first-order valence-corrected chi connectivity index (χ1v) is 23.2. The van der Waals surface area contributed by atoms with Crippen LogP contribution < -0.4 is 14.5 Å². The van der Waals surface area contributed by atoms with Gasteiger partial charge in [0.1, 0.15) is 11.6 Å². The Hall–Kier alpha value is -6.49. The van der Waals surface area contributed by atoms with Gasteiger partial charge in [0.2, 0.25) is 0 Å². The molecule has 0 aliphatic carbocycles. The fraction of sp³-hybridized carbons (Fsp3) is 0.200. The first-order valence-electron chi connectivity index (χ1n) is 23.2. The molecule has 1 aliphatic rings. The van der Waals surface area contributed by atoms with Crippen LogP contribution in [0.25, 0.3) is 49.9 Å². The molecule has 10 rings (SSSR count). The van der Waals surface area contributed by atoms with E-state index in [1.54, 1.807) is 12.1 Å². The van der Waals surface area contributed by atoms with Crippen molar-refractivity contribution in [3.63, 3.8) is 0 Å². The van der Waals surface area contributed by atoms with E-state index in [2.05, 4.69) is 186 Å². The number of hydrogen-bond donors (Lipinski definition) is 0. The Morgan fingerprint density at radius 2 is 1.18 bits per heavy atom. The predicted molar refractivity (Wildman–Crippen MR) is 271 cm³/mol. The maximum Gasteiger partial charge on any atom is 0.135 e. The maximum absolute atomic E-state index is 15.4. The molecular weight excluding hydrogens is 1010 g/mol. The zero-order chi connectivity index (χ0) is 45.8. The van der Waals surface area contributed by atoms with Crippen molar-refractivity contribution in [1.82, 2.24) is 9.55 Å². The molecule has 5 nitrogen and oxygen atoms in total. The molecule has 0 N–H and O–H groups in total.